The fraction of sp³-hybridized carbons (Fsp3) is 1.00. The van der Waals surface area contributed by atoms with Crippen LogP contribution in [0, 0.1) is 23.7 Å². The molecule has 0 aromatic carbocycles. The van der Waals surface area contributed by atoms with E-state index in [1.165, 1.54) is 19.3 Å². The molecule has 3 saturated carbocycles. The highest BCUT2D eigenvalue weighted by molar-refractivity contribution is 7.83. The Morgan fingerprint density at radius 3 is 2.55 bits per heavy atom. The summed E-state index contributed by atoms with van der Waals surface area (Å²) in [4.78, 5) is 0. The fourth-order valence-electron chi connectivity index (χ4n) is 3.93. The number of thiol groups is 1. The highest BCUT2D eigenvalue weighted by atomic mass is 32.1. The smallest absolute Gasteiger partial charge is 0.122 e. The molecule has 3 aliphatic rings. The molecule has 0 amide bonds. The molecule has 0 saturated heterocycles. The minimum absolute atomic E-state index is 0.421. The van der Waals surface area contributed by atoms with Gasteiger partial charge in [-0.25, -0.2) is 0 Å². The van der Waals surface area contributed by atoms with Crippen LogP contribution in [0.15, 0.2) is 0 Å². The first-order valence-corrected chi connectivity index (χ1v) is 5.35. The van der Waals surface area contributed by atoms with E-state index < -0.39 is 0 Å². The van der Waals surface area contributed by atoms with Crippen molar-refractivity contribution in [3.05, 3.63) is 0 Å². The largest absolute Gasteiger partial charge is 0.181 e. The summed E-state index contributed by atoms with van der Waals surface area (Å²) in [5, 5.41) is 0. The van der Waals surface area contributed by atoms with E-state index in [0.717, 1.165) is 23.7 Å². The lowest BCUT2D eigenvalue weighted by molar-refractivity contribution is 0.107. The molecule has 3 aliphatic carbocycles. The lowest BCUT2D eigenvalue weighted by atomic mass is 9.53. The zero-order valence-corrected chi connectivity index (χ0v) is 7.98. The number of rotatable bonds is 0. The first-order chi connectivity index (χ1) is 5.18. The molecule has 0 nitrogen and oxygen atoms in total. The summed E-state index contributed by atoms with van der Waals surface area (Å²) in [6, 6.07) is 0. The third-order valence-corrected chi connectivity index (χ3v) is 4.93. The second-order valence-corrected chi connectivity index (χ2v) is 6.11. The molecule has 0 aromatic rings. The van der Waals surface area contributed by atoms with E-state index in [0.29, 0.717) is 4.65 Å². The zero-order chi connectivity index (χ0) is 7.64. The minimum Gasteiger partial charge on any atom is -0.181 e. The van der Waals surface area contributed by atoms with Crippen molar-refractivity contribution in [1.29, 1.82) is 0 Å². The van der Waals surface area contributed by atoms with E-state index in [1.807, 2.05) is 0 Å². The summed E-state index contributed by atoms with van der Waals surface area (Å²) in [5.74, 6) is 4.30. The Kier molecular flexibility index (Phi) is 1.15. The van der Waals surface area contributed by atoms with Gasteiger partial charge in [0.1, 0.15) is 7.85 Å². The third kappa shape index (κ3) is 0.702. The van der Waals surface area contributed by atoms with Crippen molar-refractivity contribution >= 4 is 20.5 Å². The van der Waals surface area contributed by atoms with Gasteiger partial charge in [-0.1, -0.05) is 0 Å². The van der Waals surface area contributed by atoms with Crippen LogP contribution in [0.4, 0.5) is 0 Å². The molecule has 3 fully saturated rings. The minimum atomic E-state index is 0.421. The molecular weight excluding hydrogens is 151 g/mol. The average molecular weight is 166 g/mol. The molecule has 0 heterocycles. The van der Waals surface area contributed by atoms with Gasteiger partial charge >= 0.3 is 0 Å². The van der Waals surface area contributed by atoms with Crippen LogP contribution < -0.4 is 0 Å². The van der Waals surface area contributed by atoms with Gasteiger partial charge in [-0.3, -0.25) is 0 Å². The quantitative estimate of drug-likeness (QED) is 0.407. The number of fused-ring (bicyclic) bond motifs is 3. The van der Waals surface area contributed by atoms with Crippen LogP contribution in [-0.2, 0) is 0 Å². The van der Waals surface area contributed by atoms with Gasteiger partial charge in [-0.05, 0) is 54.0 Å². The van der Waals surface area contributed by atoms with Crippen LogP contribution in [0.25, 0.3) is 0 Å². The van der Waals surface area contributed by atoms with Crippen LogP contribution in [0.1, 0.15) is 25.7 Å². The molecule has 2 heteroatoms. The summed E-state index contributed by atoms with van der Waals surface area (Å²) < 4.78 is 0.421. The average Bonchev–Trinajstić information content (AvgIpc) is 2.07. The summed E-state index contributed by atoms with van der Waals surface area (Å²) in [7, 11) is 2.35. The second-order valence-electron chi connectivity index (χ2n) is 5.08. The standard InChI is InChI=1S/C9H15BS/c10-9(11)4-6-3-5-1-2-7(5)8(6)9/h5-8,11H,1-4,10H2. The maximum Gasteiger partial charge on any atom is 0.122 e. The fourth-order valence-corrected chi connectivity index (χ4v) is 4.57. The molecule has 11 heavy (non-hydrogen) atoms. The van der Waals surface area contributed by atoms with Crippen molar-refractivity contribution in [3.63, 3.8) is 0 Å². The van der Waals surface area contributed by atoms with Crippen LogP contribution in [0.5, 0.6) is 0 Å². The first-order valence-electron chi connectivity index (χ1n) is 4.91. The molecule has 0 bridgehead atoms. The number of hydrogen-bond acceptors (Lipinski definition) is 1. The molecule has 5 unspecified atom stereocenters. The zero-order valence-electron chi connectivity index (χ0n) is 7.09. The third-order valence-electron chi connectivity index (χ3n) is 4.44. The lowest BCUT2D eigenvalue weighted by Gasteiger charge is -2.51. The van der Waals surface area contributed by atoms with Gasteiger partial charge in [0.25, 0.3) is 0 Å². The van der Waals surface area contributed by atoms with Gasteiger partial charge in [0.05, 0.1) is 0 Å². The summed E-state index contributed by atoms with van der Waals surface area (Å²) in [5.41, 5.74) is 0. The predicted octanol–water partition coefficient (Wildman–Crippen LogP) is 1.31. The van der Waals surface area contributed by atoms with Crippen molar-refractivity contribution in [2.24, 2.45) is 23.7 Å². The van der Waals surface area contributed by atoms with E-state index >= 15 is 0 Å². The monoisotopic (exact) mass is 166 g/mol. The molecule has 60 valence electrons. The maximum atomic E-state index is 4.75. The Bertz CT molecular complexity index is 200. The van der Waals surface area contributed by atoms with E-state index in [4.69, 9.17) is 12.6 Å². The Balaban J connectivity index is 1.87. The Morgan fingerprint density at radius 1 is 1.27 bits per heavy atom. The molecule has 0 radical (unpaired) electrons. The molecule has 5 atom stereocenters. The van der Waals surface area contributed by atoms with Gasteiger partial charge in [-0.15, -0.1) is 0 Å². The van der Waals surface area contributed by atoms with E-state index in [9.17, 15) is 0 Å². The maximum absolute atomic E-state index is 4.75. The normalized spacial score (nSPS) is 65.9. The van der Waals surface area contributed by atoms with Crippen LogP contribution in [0.2, 0.25) is 0 Å². The van der Waals surface area contributed by atoms with Gasteiger partial charge in [0, 0.05) is 0 Å². The molecular formula is C9H15BS. The van der Waals surface area contributed by atoms with Crippen LogP contribution >= 0.6 is 12.6 Å². The lowest BCUT2D eigenvalue weighted by Crippen LogP contribution is -2.51. The predicted molar refractivity (Wildman–Crippen MR) is 52.7 cm³/mol. The Morgan fingerprint density at radius 2 is 2.09 bits per heavy atom. The molecule has 0 spiro atoms. The van der Waals surface area contributed by atoms with Crippen molar-refractivity contribution < 1.29 is 0 Å². The Hall–Kier alpha value is 0.415. The van der Waals surface area contributed by atoms with E-state index in [-0.39, 0.29) is 0 Å². The van der Waals surface area contributed by atoms with Crippen molar-refractivity contribution in [2.45, 2.75) is 30.3 Å². The Labute approximate surface area is 74.9 Å². The van der Waals surface area contributed by atoms with E-state index in [2.05, 4.69) is 7.85 Å². The molecule has 0 N–H and O–H groups in total. The van der Waals surface area contributed by atoms with Gasteiger partial charge < -0.3 is 0 Å². The van der Waals surface area contributed by atoms with Gasteiger partial charge in [-0.2, -0.15) is 12.6 Å². The molecule has 0 aromatic heterocycles. The summed E-state index contributed by atoms with van der Waals surface area (Å²) in [6.45, 7) is 0. The SMILES string of the molecule is BC1(S)CC2CC3CCC3C21. The first kappa shape index (κ1) is 6.88. The second kappa shape index (κ2) is 1.84. The summed E-state index contributed by atoms with van der Waals surface area (Å²) >= 11 is 4.75. The summed E-state index contributed by atoms with van der Waals surface area (Å²) in [6.07, 6.45) is 5.99. The van der Waals surface area contributed by atoms with Crippen molar-refractivity contribution in [2.75, 3.05) is 0 Å². The van der Waals surface area contributed by atoms with Crippen molar-refractivity contribution in [1.82, 2.24) is 0 Å². The number of hydrogen-bond donors (Lipinski definition) is 1. The molecule has 0 aliphatic heterocycles. The molecule has 3 rings (SSSR count). The highest BCUT2D eigenvalue weighted by Gasteiger charge is 2.60. The van der Waals surface area contributed by atoms with Gasteiger partial charge in [0.15, 0.2) is 0 Å². The van der Waals surface area contributed by atoms with E-state index in [1.54, 1.807) is 6.42 Å². The van der Waals surface area contributed by atoms with Crippen LogP contribution in [-0.4, -0.2) is 12.5 Å². The topological polar surface area (TPSA) is 0 Å². The highest BCUT2D eigenvalue weighted by Crippen LogP contribution is 2.65. The van der Waals surface area contributed by atoms with Crippen molar-refractivity contribution in [3.8, 4) is 0 Å². The van der Waals surface area contributed by atoms with Gasteiger partial charge in [0.2, 0.25) is 0 Å². The van der Waals surface area contributed by atoms with Crippen LogP contribution in [0.3, 0.4) is 0 Å².